The Morgan fingerprint density at radius 3 is 2.67 bits per heavy atom. The van der Waals surface area contributed by atoms with Crippen molar-refractivity contribution in [1.82, 2.24) is 0 Å². The maximum atomic E-state index is 11.3. The molecule has 15 heavy (non-hydrogen) atoms. The molecule has 88 valence electrons. The van der Waals surface area contributed by atoms with Gasteiger partial charge >= 0.3 is 5.97 Å². The maximum Gasteiger partial charge on any atom is 0.311 e. The number of allylic oxidation sites excluding steroid dienone is 2. The average molecular weight is 216 g/mol. The minimum absolute atomic E-state index is 0.0224. The van der Waals surface area contributed by atoms with Crippen molar-refractivity contribution in [3.05, 3.63) is 12.2 Å². The van der Waals surface area contributed by atoms with E-state index in [1.54, 1.807) is 0 Å². The van der Waals surface area contributed by atoms with Crippen molar-refractivity contribution in [2.75, 3.05) is 13.7 Å². The molecule has 0 aliphatic carbocycles. The van der Waals surface area contributed by atoms with Gasteiger partial charge in [-0.15, -0.1) is 0 Å². The van der Waals surface area contributed by atoms with Gasteiger partial charge in [-0.05, 0) is 26.2 Å². The van der Waals surface area contributed by atoms with Crippen molar-refractivity contribution in [2.45, 2.75) is 32.3 Å². The summed E-state index contributed by atoms with van der Waals surface area (Å²) in [6, 6.07) is 0. The second kappa shape index (κ2) is 8.44. The SMILES string of the molecule is C/C=C/CC(C(=O)OC)[C@H](O)CCCO. The number of carbonyl (C=O) groups excluding carboxylic acids is 1. The first kappa shape index (κ1) is 14.1. The van der Waals surface area contributed by atoms with Crippen LogP contribution < -0.4 is 0 Å². The van der Waals surface area contributed by atoms with Crippen LogP contribution in [0.1, 0.15) is 26.2 Å². The van der Waals surface area contributed by atoms with Gasteiger partial charge in [0, 0.05) is 6.61 Å². The zero-order valence-corrected chi connectivity index (χ0v) is 9.35. The van der Waals surface area contributed by atoms with Crippen LogP contribution in [-0.4, -0.2) is 36.0 Å². The summed E-state index contributed by atoms with van der Waals surface area (Å²) >= 11 is 0. The van der Waals surface area contributed by atoms with Gasteiger partial charge in [-0.2, -0.15) is 0 Å². The number of hydrogen-bond acceptors (Lipinski definition) is 4. The summed E-state index contributed by atoms with van der Waals surface area (Å²) in [6.07, 6.45) is 4.27. The Morgan fingerprint density at radius 2 is 2.20 bits per heavy atom. The summed E-state index contributed by atoms with van der Waals surface area (Å²) in [6.45, 7) is 1.88. The fraction of sp³-hybridized carbons (Fsp3) is 0.727. The van der Waals surface area contributed by atoms with E-state index in [0.29, 0.717) is 19.3 Å². The smallest absolute Gasteiger partial charge is 0.311 e. The molecule has 0 aliphatic heterocycles. The Kier molecular flexibility index (Phi) is 7.95. The van der Waals surface area contributed by atoms with E-state index in [0.717, 1.165) is 0 Å². The average Bonchev–Trinajstić information content (AvgIpc) is 2.26. The molecular formula is C11H20O4. The highest BCUT2D eigenvalue weighted by molar-refractivity contribution is 5.73. The van der Waals surface area contributed by atoms with Gasteiger partial charge in [0.15, 0.2) is 0 Å². The quantitative estimate of drug-likeness (QED) is 0.489. The molecule has 0 aliphatic rings. The van der Waals surface area contributed by atoms with Crippen LogP contribution in [0.5, 0.6) is 0 Å². The zero-order valence-electron chi connectivity index (χ0n) is 9.35. The minimum atomic E-state index is -0.749. The third-order valence-corrected chi connectivity index (χ3v) is 2.25. The summed E-state index contributed by atoms with van der Waals surface area (Å²) in [5.74, 6) is -0.934. The number of methoxy groups -OCH3 is 1. The number of aliphatic hydroxyl groups is 2. The normalized spacial score (nSPS) is 15.2. The first-order valence-electron chi connectivity index (χ1n) is 5.15. The summed E-state index contributed by atoms with van der Waals surface area (Å²) in [5.41, 5.74) is 0. The van der Waals surface area contributed by atoms with Crippen LogP contribution in [0.2, 0.25) is 0 Å². The Bertz CT molecular complexity index is 201. The lowest BCUT2D eigenvalue weighted by molar-refractivity contribution is -0.149. The van der Waals surface area contributed by atoms with Crippen molar-refractivity contribution in [2.24, 2.45) is 5.92 Å². The molecule has 1 unspecified atom stereocenters. The molecule has 0 saturated carbocycles. The first-order valence-corrected chi connectivity index (χ1v) is 5.15. The molecule has 0 heterocycles. The monoisotopic (exact) mass is 216 g/mol. The summed E-state index contributed by atoms with van der Waals surface area (Å²) < 4.78 is 4.62. The largest absolute Gasteiger partial charge is 0.469 e. The number of carbonyl (C=O) groups is 1. The standard InChI is InChI=1S/C11H20O4/c1-3-4-6-9(11(14)15-2)10(13)7-5-8-12/h3-4,9-10,12-13H,5-8H2,1-2H3/b4-3+/t9?,10-/m1/s1. The van der Waals surface area contributed by atoms with Crippen molar-refractivity contribution in [1.29, 1.82) is 0 Å². The third-order valence-electron chi connectivity index (χ3n) is 2.25. The molecule has 2 N–H and O–H groups in total. The van der Waals surface area contributed by atoms with Crippen LogP contribution >= 0.6 is 0 Å². The molecule has 0 radical (unpaired) electrons. The van der Waals surface area contributed by atoms with Gasteiger partial charge in [-0.1, -0.05) is 12.2 Å². The molecule has 0 saturated heterocycles. The molecule has 0 bridgehead atoms. The predicted molar refractivity (Wildman–Crippen MR) is 57.3 cm³/mol. The molecule has 0 aromatic rings. The molecule has 0 fully saturated rings. The second-order valence-electron chi connectivity index (χ2n) is 3.37. The molecule has 0 amide bonds. The summed E-state index contributed by atoms with van der Waals surface area (Å²) in [5, 5.41) is 18.3. The third kappa shape index (κ3) is 5.54. The Morgan fingerprint density at radius 1 is 1.53 bits per heavy atom. The highest BCUT2D eigenvalue weighted by atomic mass is 16.5. The Hall–Kier alpha value is -0.870. The molecule has 0 rings (SSSR count). The van der Waals surface area contributed by atoms with Gasteiger partial charge in [-0.25, -0.2) is 0 Å². The van der Waals surface area contributed by atoms with Gasteiger partial charge in [-0.3, -0.25) is 4.79 Å². The fourth-order valence-electron chi connectivity index (χ4n) is 1.35. The summed E-state index contributed by atoms with van der Waals surface area (Å²) in [4.78, 5) is 11.3. The van der Waals surface area contributed by atoms with E-state index in [2.05, 4.69) is 4.74 Å². The van der Waals surface area contributed by atoms with Crippen molar-refractivity contribution in [3.63, 3.8) is 0 Å². The topological polar surface area (TPSA) is 66.8 Å². The van der Waals surface area contributed by atoms with Crippen molar-refractivity contribution < 1.29 is 19.7 Å². The molecular weight excluding hydrogens is 196 g/mol. The lowest BCUT2D eigenvalue weighted by atomic mass is 9.95. The Labute approximate surface area is 90.6 Å². The number of esters is 1. The van der Waals surface area contributed by atoms with Crippen LogP contribution in [0.4, 0.5) is 0 Å². The van der Waals surface area contributed by atoms with E-state index in [1.165, 1.54) is 7.11 Å². The zero-order chi connectivity index (χ0) is 11.7. The van der Waals surface area contributed by atoms with E-state index >= 15 is 0 Å². The lowest BCUT2D eigenvalue weighted by Gasteiger charge is -2.18. The molecule has 0 spiro atoms. The van der Waals surface area contributed by atoms with Crippen LogP contribution in [-0.2, 0) is 9.53 Å². The highest BCUT2D eigenvalue weighted by Gasteiger charge is 2.25. The highest BCUT2D eigenvalue weighted by Crippen LogP contribution is 2.16. The molecule has 4 nitrogen and oxygen atoms in total. The number of aliphatic hydroxyl groups excluding tert-OH is 2. The lowest BCUT2D eigenvalue weighted by Crippen LogP contribution is -2.29. The maximum absolute atomic E-state index is 11.3. The van der Waals surface area contributed by atoms with Gasteiger partial charge in [0.05, 0.1) is 19.1 Å². The van der Waals surface area contributed by atoms with Crippen LogP contribution in [0.25, 0.3) is 0 Å². The van der Waals surface area contributed by atoms with Crippen molar-refractivity contribution >= 4 is 5.97 Å². The molecule has 2 atom stereocenters. The molecule has 4 heteroatoms. The molecule has 0 aromatic heterocycles. The first-order chi connectivity index (χ1) is 7.17. The number of rotatable bonds is 7. The number of ether oxygens (including phenoxy) is 1. The Balaban J connectivity index is 4.26. The number of hydrogen-bond donors (Lipinski definition) is 2. The predicted octanol–water partition coefficient (Wildman–Crippen LogP) is 0.875. The van der Waals surface area contributed by atoms with Crippen molar-refractivity contribution in [3.8, 4) is 0 Å². The van der Waals surface area contributed by atoms with E-state index in [-0.39, 0.29) is 6.61 Å². The van der Waals surface area contributed by atoms with Crippen LogP contribution in [0, 0.1) is 5.92 Å². The van der Waals surface area contributed by atoms with E-state index in [1.807, 2.05) is 19.1 Å². The van der Waals surface area contributed by atoms with E-state index in [4.69, 9.17) is 5.11 Å². The van der Waals surface area contributed by atoms with Gasteiger partial charge in [0.25, 0.3) is 0 Å². The van der Waals surface area contributed by atoms with Gasteiger partial charge in [0.2, 0.25) is 0 Å². The minimum Gasteiger partial charge on any atom is -0.469 e. The summed E-state index contributed by atoms with van der Waals surface area (Å²) in [7, 11) is 1.31. The second-order valence-corrected chi connectivity index (χ2v) is 3.37. The van der Waals surface area contributed by atoms with Gasteiger partial charge < -0.3 is 14.9 Å². The van der Waals surface area contributed by atoms with E-state index < -0.39 is 18.0 Å². The van der Waals surface area contributed by atoms with Gasteiger partial charge in [0.1, 0.15) is 0 Å². The van der Waals surface area contributed by atoms with Crippen LogP contribution in [0.3, 0.4) is 0 Å². The fourth-order valence-corrected chi connectivity index (χ4v) is 1.35. The molecule has 0 aromatic carbocycles. The van der Waals surface area contributed by atoms with E-state index in [9.17, 15) is 9.90 Å². The van der Waals surface area contributed by atoms with Crippen LogP contribution in [0.15, 0.2) is 12.2 Å².